The van der Waals surface area contributed by atoms with Gasteiger partial charge >= 0.3 is 0 Å². The largest absolute Gasteiger partial charge is 0.116 e. The van der Waals surface area contributed by atoms with Crippen molar-refractivity contribution in [3.63, 3.8) is 0 Å². The van der Waals surface area contributed by atoms with Crippen LogP contribution in [0.2, 0.25) is 50.4 Å². The van der Waals surface area contributed by atoms with E-state index in [1.165, 1.54) is 57.6 Å². The molecule has 7 aromatic rings. The lowest BCUT2D eigenvalue weighted by atomic mass is 10.0. The van der Waals surface area contributed by atoms with Gasteiger partial charge in [-0.3, -0.25) is 0 Å². The van der Waals surface area contributed by atoms with Crippen LogP contribution < -0.4 is 41.5 Å². The monoisotopic (exact) mass is 758 g/mol. The minimum Gasteiger partial charge on any atom is -0.0623 e. The SMILES string of the molecule is C[Si]1(CC[Si]2(C)c3ccccc3-c3cc4c(cc32)-c2ccccc2[Si]4(C)CC[Si]2(C)c3ccccc3-c3ccccc32)c2ccccc2-c2ccccc21. The van der Waals surface area contributed by atoms with Gasteiger partial charge in [-0.15, -0.1) is 0 Å². The maximum Gasteiger partial charge on any atom is 0.116 e. The van der Waals surface area contributed by atoms with Gasteiger partial charge in [-0.25, -0.2) is 0 Å². The molecule has 0 nitrogen and oxygen atoms in total. The lowest BCUT2D eigenvalue weighted by Gasteiger charge is -2.32. The molecule has 4 heterocycles. The molecule has 0 aliphatic carbocycles. The Kier molecular flexibility index (Phi) is 6.97. The van der Waals surface area contributed by atoms with E-state index in [2.05, 4.69) is 184 Å². The van der Waals surface area contributed by atoms with Crippen molar-refractivity contribution >= 4 is 73.8 Å². The fourth-order valence-corrected chi connectivity index (χ4v) is 33.3. The van der Waals surface area contributed by atoms with Crippen LogP contribution in [0.25, 0.3) is 44.5 Å². The average molecular weight is 759 g/mol. The number of hydrogen-bond acceptors (Lipinski definition) is 0. The number of benzene rings is 7. The molecule has 0 fully saturated rings. The van der Waals surface area contributed by atoms with Crippen molar-refractivity contribution in [1.29, 1.82) is 0 Å². The second-order valence-corrected chi connectivity index (χ2v) is 34.5. The van der Waals surface area contributed by atoms with Gasteiger partial charge in [0, 0.05) is 0 Å². The van der Waals surface area contributed by atoms with Crippen molar-refractivity contribution < 1.29 is 0 Å². The van der Waals surface area contributed by atoms with Crippen LogP contribution in [0.15, 0.2) is 158 Å². The van der Waals surface area contributed by atoms with Crippen molar-refractivity contribution in [2.45, 2.75) is 50.4 Å². The molecule has 0 bridgehead atoms. The van der Waals surface area contributed by atoms with Gasteiger partial charge in [-0.1, -0.05) is 208 Å². The summed E-state index contributed by atoms with van der Waals surface area (Å²) in [6, 6.07) is 67.3. The zero-order chi connectivity index (χ0) is 36.5. The minimum atomic E-state index is -2.07. The molecule has 2 unspecified atom stereocenters. The van der Waals surface area contributed by atoms with Crippen molar-refractivity contribution in [2.75, 3.05) is 0 Å². The molecule has 4 aliphatic rings. The highest BCUT2D eigenvalue weighted by atomic mass is 28.3. The Hall–Kier alpha value is -4.59. The second-order valence-electron chi connectivity index (χ2n) is 17.5. The Morgan fingerprint density at radius 2 is 0.426 bits per heavy atom. The molecular formula is C50H46Si4. The summed E-state index contributed by atoms with van der Waals surface area (Å²) in [5.74, 6) is 0. The number of rotatable bonds is 6. The molecule has 7 aromatic carbocycles. The lowest BCUT2D eigenvalue weighted by Crippen LogP contribution is -2.58. The topological polar surface area (TPSA) is 0 Å². The van der Waals surface area contributed by atoms with Crippen molar-refractivity contribution in [3.05, 3.63) is 158 Å². The van der Waals surface area contributed by atoms with Crippen molar-refractivity contribution in [1.82, 2.24) is 0 Å². The summed E-state index contributed by atoms with van der Waals surface area (Å²) in [6.45, 7) is 10.8. The first-order chi connectivity index (χ1) is 26.3. The maximum absolute atomic E-state index is 2.76. The van der Waals surface area contributed by atoms with E-state index in [-0.39, 0.29) is 0 Å². The summed E-state index contributed by atoms with van der Waals surface area (Å²) in [4.78, 5) is 0. The third-order valence-corrected chi connectivity index (χ3v) is 33.8. The van der Waals surface area contributed by atoms with E-state index in [9.17, 15) is 0 Å². The Morgan fingerprint density at radius 1 is 0.241 bits per heavy atom. The molecule has 0 amide bonds. The van der Waals surface area contributed by atoms with Gasteiger partial charge in [0.2, 0.25) is 0 Å². The number of hydrogen-bond donors (Lipinski definition) is 0. The molecule has 0 saturated carbocycles. The first kappa shape index (κ1) is 32.8. The van der Waals surface area contributed by atoms with Gasteiger partial charge in [0.05, 0.1) is 0 Å². The zero-order valence-electron chi connectivity index (χ0n) is 31.8. The van der Waals surface area contributed by atoms with Crippen molar-refractivity contribution in [2.24, 2.45) is 0 Å². The molecule has 54 heavy (non-hydrogen) atoms. The van der Waals surface area contributed by atoms with Gasteiger partial charge < -0.3 is 0 Å². The third-order valence-electron chi connectivity index (χ3n) is 14.9. The quantitative estimate of drug-likeness (QED) is 0.152. The molecule has 262 valence electrons. The highest BCUT2D eigenvalue weighted by Gasteiger charge is 2.50. The summed E-state index contributed by atoms with van der Waals surface area (Å²) >= 11 is 0. The second kappa shape index (κ2) is 11.5. The maximum atomic E-state index is 2.76. The summed E-state index contributed by atoms with van der Waals surface area (Å²) in [7, 11) is -7.98. The van der Waals surface area contributed by atoms with Gasteiger partial charge in [-0.2, -0.15) is 0 Å². The van der Waals surface area contributed by atoms with Crippen LogP contribution in [-0.4, -0.2) is 32.3 Å². The predicted octanol–water partition coefficient (Wildman–Crippen LogP) is 7.78. The van der Waals surface area contributed by atoms with E-state index in [1.54, 1.807) is 52.6 Å². The van der Waals surface area contributed by atoms with Gasteiger partial charge in [0.15, 0.2) is 0 Å². The predicted molar refractivity (Wildman–Crippen MR) is 244 cm³/mol. The van der Waals surface area contributed by atoms with Crippen molar-refractivity contribution in [3.8, 4) is 44.5 Å². The standard InChI is InChI=1S/C50H46Si4/c1-51(43-23-11-5-17-35(43)36-18-6-12-24-44(36)51)29-31-53(3)47-27-15-9-21-39(47)41-34-50-42(33-49(41)53)40-22-10-16-28-48(40)54(50,4)32-30-52(2)45-25-13-7-19-37(45)38-20-8-14-26-46(38)52/h5-28,33-34H,29-32H2,1-4H3. The lowest BCUT2D eigenvalue weighted by molar-refractivity contribution is 1.33. The summed E-state index contributed by atoms with van der Waals surface area (Å²) < 4.78 is 0. The fourth-order valence-electron chi connectivity index (χ4n) is 11.8. The van der Waals surface area contributed by atoms with E-state index in [4.69, 9.17) is 0 Å². The van der Waals surface area contributed by atoms with E-state index >= 15 is 0 Å². The van der Waals surface area contributed by atoms with Crippen LogP contribution >= 0.6 is 0 Å². The Balaban J connectivity index is 1.02. The molecule has 0 radical (unpaired) electrons. The van der Waals surface area contributed by atoms with Crippen LogP contribution in [0.3, 0.4) is 0 Å². The highest BCUT2D eigenvalue weighted by molar-refractivity contribution is 7.10. The average Bonchev–Trinajstić information content (AvgIpc) is 3.83. The van der Waals surface area contributed by atoms with Gasteiger partial charge in [0.25, 0.3) is 0 Å². The van der Waals surface area contributed by atoms with E-state index in [1.807, 2.05) is 0 Å². The Bertz CT molecular complexity index is 2430. The number of fused-ring (bicyclic) bond motifs is 12. The molecule has 11 rings (SSSR count). The fraction of sp³-hybridized carbons (Fsp3) is 0.160. The van der Waals surface area contributed by atoms with Gasteiger partial charge in [0.1, 0.15) is 32.3 Å². The van der Waals surface area contributed by atoms with Crippen LogP contribution in [0.4, 0.5) is 0 Å². The molecule has 4 aliphatic heterocycles. The Morgan fingerprint density at radius 3 is 0.667 bits per heavy atom. The molecule has 4 heteroatoms. The van der Waals surface area contributed by atoms with Gasteiger partial charge in [-0.05, 0) is 86.0 Å². The molecule has 0 aromatic heterocycles. The van der Waals surface area contributed by atoms with Crippen LogP contribution in [-0.2, 0) is 0 Å². The smallest absolute Gasteiger partial charge is 0.0623 e. The van der Waals surface area contributed by atoms with Crippen LogP contribution in [0, 0.1) is 0 Å². The molecule has 0 N–H and O–H groups in total. The molecule has 0 spiro atoms. The zero-order valence-corrected chi connectivity index (χ0v) is 35.8. The minimum absolute atomic E-state index is 1.29. The summed E-state index contributed by atoms with van der Waals surface area (Å²) in [5.41, 5.74) is 12.1. The highest BCUT2D eigenvalue weighted by Crippen LogP contribution is 2.41. The van der Waals surface area contributed by atoms with E-state index in [0.29, 0.717) is 0 Å². The Labute approximate surface area is 324 Å². The van der Waals surface area contributed by atoms with E-state index in [0.717, 1.165) is 0 Å². The third kappa shape index (κ3) is 4.23. The molecule has 2 atom stereocenters. The first-order valence-electron chi connectivity index (χ1n) is 20.0. The van der Waals surface area contributed by atoms with E-state index < -0.39 is 32.3 Å². The molecular weight excluding hydrogens is 713 g/mol. The first-order valence-corrected chi connectivity index (χ1v) is 30.9. The normalized spacial score (nSPS) is 21.0. The molecule has 0 saturated heterocycles. The van der Waals surface area contributed by atoms with Crippen LogP contribution in [0.1, 0.15) is 0 Å². The summed E-state index contributed by atoms with van der Waals surface area (Å²) in [5, 5.41) is 13.3. The summed E-state index contributed by atoms with van der Waals surface area (Å²) in [6.07, 6.45) is 0. The van der Waals surface area contributed by atoms with Crippen LogP contribution in [0.5, 0.6) is 0 Å².